The monoisotopic (exact) mass is 192 g/mol. The fourth-order valence-electron chi connectivity index (χ4n) is 1.07. The van der Waals surface area contributed by atoms with E-state index in [-0.39, 0.29) is 5.75 Å². The van der Waals surface area contributed by atoms with Gasteiger partial charge in [-0.2, -0.15) is 0 Å². The molecule has 1 rings (SSSR count). The van der Waals surface area contributed by atoms with Crippen LogP contribution in [0.25, 0.3) is 6.08 Å². The molecule has 74 valence electrons. The summed E-state index contributed by atoms with van der Waals surface area (Å²) in [6.07, 6.45) is 3.00. The molecule has 1 N–H and O–H groups in total. The number of carbonyl (C=O) groups excluding carboxylic acids is 1. The van der Waals surface area contributed by atoms with Gasteiger partial charge in [0.2, 0.25) is 0 Å². The molecule has 0 aliphatic rings. The lowest BCUT2D eigenvalue weighted by Gasteiger charge is -2.00. The summed E-state index contributed by atoms with van der Waals surface area (Å²) in [6, 6.07) is 4.95. The second-order valence-electron chi connectivity index (χ2n) is 2.90. The molecule has 0 atom stereocenters. The summed E-state index contributed by atoms with van der Waals surface area (Å²) in [4.78, 5) is 10.8. The Morgan fingerprint density at radius 1 is 1.50 bits per heavy atom. The zero-order valence-corrected chi connectivity index (χ0v) is 8.15. The summed E-state index contributed by atoms with van der Waals surface area (Å²) >= 11 is 0. The van der Waals surface area contributed by atoms with E-state index in [4.69, 9.17) is 5.11 Å². The average Bonchev–Trinajstić information content (AvgIpc) is 2.16. The molecule has 14 heavy (non-hydrogen) atoms. The Bertz CT molecular complexity index is 367. The number of ether oxygens (including phenoxy) is 1. The summed E-state index contributed by atoms with van der Waals surface area (Å²) in [5, 5.41) is 9.15. The van der Waals surface area contributed by atoms with Crippen LogP contribution in [0.1, 0.15) is 11.1 Å². The van der Waals surface area contributed by atoms with Crippen LogP contribution in [0, 0.1) is 6.92 Å². The minimum absolute atomic E-state index is 0.220. The van der Waals surface area contributed by atoms with Gasteiger partial charge in [0.25, 0.3) is 0 Å². The number of carbonyl (C=O) groups is 1. The van der Waals surface area contributed by atoms with Crippen molar-refractivity contribution in [2.75, 3.05) is 7.11 Å². The predicted molar refractivity (Wildman–Crippen MR) is 53.9 cm³/mol. The first kappa shape index (κ1) is 10.3. The number of aromatic hydroxyl groups is 1. The van der Waals surface area contributed by atoms with Crippen molar-refractivity contribution in [3.8, 4) is 5.75 Å². The van der Waals surface area contributed by atoms with Crippen LogP contribution in [-0.2, 0) is 9.53 Å². The zero-order valence-electron chi connectivity index (χ0n) is 8.15. The largest absolute Gasteiger partial charge is 0.508 e. The molecule has 0 spiro atoms. The van der Waals surface area contributed by atoms with Gasteiger partial charge in [-0.1, -0.05) is 6.07 Å². The van der Waals surface area contributed by atoms with Crippen LogP contribution in [0.3, 0.4) is 0 Å². The fraction of sp³-hybridized carbons (Fsp3) is 0.182. The highest BCUT2D eigenvalue weighted by Gasteiger charge is 1.97. The van der Waals surface area contributed by atoms with E-state index in [9.17, 15) is 4.79 Å². The van der Waals surface area contributed by atoms with Crippen LogP contribution in [0.4, 0.5) is 0 Å². The quantitative estimate of drug-likeness (QED) is 0.575. The van der Waals surface area contributed by atoms with Crippen molar-refractivity contribution >= 4 is 12.0 Å². The molecule has 0 saturated heterocycles. The number of rotatable bonds is 2. The Morgan fingerprint density at radius 3 is 2.79 bits per heavy atom. The van der Waals surface area contributed by atoms with Crippen molar-refractivity contribution in [2.24, 2.45) is 0 Å². The Balaban J connectivity index is 2.87. The minimum atomic E-state index is -0.391. The highest BCUT2D eigenvalue weighted by Crippen LogP contribution is 2.16. The van der Waals surface area contributed by atoms with Gasteiger partial charge < -0.3 is 9.84 Å². The van der Waals surface area contributed by atoms with Crippen LogP contribution in [0.15, 0.2) is 24.3 Å². The van der Waals surface area contributed by atoms with E-state index in [0.29, 0.717) is 0 Å². The third kappa shape index (κ3) is 2.62. The van der Waals surface area contributed by atoms with Gasteiger partial charge in [0.15, 0.2) is 0 Å². The molecule has 0 fully saturated rings. The van der Waals surface area contributed by atoms with Gasteiger partial charge in [-0.05, 0) is 36.3 Å². The molecule has 1 aromatic carbocycles. The average molecular weight is 192 g/mol. The lowest BCUT2D eigenvalue weighted by atomic mass is 10.1. The Hall–Kier alpha value is -1.77. The maximum atomic E-state index is 10.8. The number of hydrogen-bond acceptors (Lipinski definition) is 3. The molecule has 3 nitrogen and oxygen atoms in total. The summed E-state index contributed by atoms with van der Waals surface area (Å²) in [7, 11) is 1.33. The highest BCUT2D eigenvalue weighted by molar-refractivity contribution is 5.87. The Kier molecular flexibility index (Phi) is 3.29. The topological polar surface area (TPSA) is 46.5 Å². The standard InChI is InChI=1S/C11H12O3/c1-8-7-10(12)5-3-9(8)4-6-11(13)14-2/h3-7,12H,1-2H3. The van der Waals surface area contributed by atoms with E-state index in [1.807, 2.05) is 6.92 Å². The van der Waals surface area contributed by atoms with Crippen LogP contribution in [0.2, 0.25) is 0 Å². The fourth-order valence-corrected chi connectivity index (χ4v) is 1.07. The van der Waals surface area contributed by atoms with E-state index >= 15 is 0 Å². The summed E-state index contributed by atoms with van der Waals surface area (Å²) < 4.78 is 4.46. The Morgan fingerprint density at radius 2 is 2.21 bits per heavy atom. The Labute approximate surface area is 82.6 Å². The van der Waals surface area contributed by atoms with Crippen molar-refractivity contribution in [3.05, 3.63) is 35.4 Å². The predicted octanol–water partition coefficient (Wildman–Crippen LogP) is 1.89. The molecular weight excluding hydrogens is 180 g/mol. The third-order valence-electron chi connectivity index (χ3n) is 1.85. The molecule has 3 heteroatoms. The number of methoxy groups -OCH3 is 1. The minimum Gasteiger partial charge on any atom is -0.508 e. The first-order valence-electron chi connectivity index (χ1n) is 4.19. The number of phenolic OH excluding ortho intramolecular Hbond substituents is 1. The first-order valence-corrected chi connectivity index (χ1v) is 4.19. The van der Waals surface area contributed by atoms with Crippen LogP contribution < -0.4 is 0 Å². The van der Waals surface area contributed by atoms with Crippen LogP contribution in [-0.4, -0.2) is 18.2 Å². The second kappa shape index (κ2) is 4.46. The van der Waals surface area contributed by atoms with Crippen molar-refractivity contribution in [3.63, 3.8) is 0 Å². The molecule has 0 aromatic heterocycles. The molecule has 0 radical (unpaired) electrons. The van der Waals surface area contributed by atoms with Gasteiger partial charge in [0, 0.05) is 6.08 Å². The highest BCUT2D eigenvalue weighted by atomic mass is 16.5. The van der Waals surface area contributed by atoms with Crippen molar-refractivity contribution in [1.29, 1.82) is 0 Å². The van der Waals surface area contributed by atoms with Crippen LogP contribution >= 0.6 is 0 Å². The van der Waals surface area contributed by atoms with Crippen molar-refractivity contribution < 1.29 is 14.6 Å². The number of phenols is 1. The summed E-state index contributed by atoms with van der Waals surface area (Å²) in [5.74, 6) is -0.171. The second-order valence-corrected chi connectivity index (χ2v) is 2.90. The molecular formula is C11H12O3. The molecule has 0 aliphatic heterocycles. The van der Waals surface area contributed by atoms with E-state index in [2.05, 4.69) is 4.74 Å². The van der Waals surface area contributed by atoms with Gasteiger partial charge in [-0.25, -0.2) is 4.79 Å². The van der Waals surface area contributed by atoms with Gasteiger partial charge in [-0.15, -0.1) is 0 Å². The zero-order chi connectivity index (χ0) is 10.6. The normalized spacial score (nSPS) is 10.4. The number of esters is 1. The lowest BCUT2D eigenvalue weighted by molar-refractivity contribution is -0.134. The number of hydrogen-bond donors (Lipinski definition) is 1. The molecule has 0 bridgehead atoms. The third-order valence-corrected chi connectivity index (χ3v) is 1.85. The van der Waals surface area contributed by atoms with Crippen LogP contribution in [0.5, 0.6) is 5.75 Å². The van der Waals surface area contributed by atoms with Gasteiger partial charge in [-0.3, -0.25) is 0 Å². The van der Waals surface area contributed by atoms with Crippen molar-refractivity contribution in [1.82, 2.24) is 0 Å². The molecule has 0 amide bonds. The van der Waals surface area contributed by atoms with E-state index in [1.54, 1.807) is 24.3 Å². The number of aryl methyl sites for hydroxylation is 1. The summed E-state index contributed by atoms with van der Waals surface area (Å²) in [5.41, 5.74) is 1.79. The maximum Gasteiger partial charge on any atom is 0.330 e. The van der Waals surface area contributed by atoms with E-state index < -0.39 is 5.97 Å². The van der Waals surface area contributed by atoms with Gasteiger partial charge in [0.05, 0.1) is 7.11 Å². The smallest absolute Gasteiger partial charge is 0.330 e. The van der Waals surface area contributed by atoms with Crippen molar-refractivity contribution in [2.45, 2.75) is 6.92 Å². The molecule has 1 aromatic rings. The lowest BCUT2D eigenvalue weighted by Crippen LogP contribution is -1.93. The summed E-state index contributed by atoms with van der Waals surface area (Å²) in [6.45, 7) is 1.86. The number of benzene rings is 1. The molecule has 0 saturated carbocycles. The molecule has 0 unspecified atom stereocenters. The SMILES string of the molecule is COC(=O)C=Cc1ccc(O)cc1C. The molecule has 0 heterocycles. The van der Waals surface area contributed by atoms with E-state index in [0.717, 1.165) is 11.1 Å². The molecule has 0 aliphatic carbocycles. The van der Waals surface area contributed by atoms with E-state index in [1.165, 1.54) is 13.2 Å². The van der Waals surface area contributed by atoms with Gasteiger partial charge in [0.1, 0.15) is 5.75 Å². The maximum absolute atomic E-state index is 10.8. The van der Waals surface area contributed by atoms with Gasteiger partial charge >= 0.3 is 5.97 Å². The first-order chi connectivity index (χ1) is 6.63.